The van der Waals surface area contributed by atoms with Gasteiger partial charge >= 0.3 is 0 Å². The highest BCUT2D eigenvalue weighted by Crippen LogP contribution is 2.24. The first kappa shape index (κ1) is 14.6. The minimum absolute atomic E-state index is 0.0579. The molecule has 0 radical (unpaired) electrons. The van der Waals surface area contributed by atoms with Gasteiger partial charge in [-0.3, -0.25) is 9.69 Å². The van der Waals surface area contributed by atoms with E-state index >= 15 is 0 Å². The molecule has 0 saturated carbocycles. The molecule has 0 bridgehead atoms. The van der Waals surface area contributed by atoms with Crippen molar-refractivity contribution in [3.05, 3.63) is 30.0 Å². The Bertz CT molecular complexity index is 665. The summed E-state index contributed by atoms with van der Waals surface area (Å²) in [7, 11) is 5.48. The van der Waals surface area contributed by atoms with Gasteiger partial charge in [0.2, 0.25) is 5.76 Å². The van der Waals surface area contributed by atoms with E-state index < -0.39 is 0 Å². The van der Waals surface area contributed by atoms with Gasteiger partial charge in [-0.2, -0.15) is 0 Å². The largest absolute Gasteiger partial charge is 0.479 e. The lowest BCUT2D eigenvalue weighted by atomic mass is 10.1. The molecule has 3 heterocycles. The second kappa shape index (κ2) is 5.80. The molecule has 0 aromatic carbocycles. The van der Waals surface area contributed by atoms with Crippen molar-refractivity contribution in [2.45, 2.75) is 6.04 Å². The summed E-state index contributed by atoms with van der Waals surface area (Å²) in [5, 5.41) is 3.68. The van der Waals surface area contributed by atoms with E-state index in [1.807, 2.05) is 24.9 Å². The first-order valence-corrected chi connectivity index (χ1v) is 7.07. The molecule has 22 heavy (non-hydrogen) atoms. The summed E-state index contributed by atoms with van der Waals surface area (Å²) in [6.45, 7) is 1.97. The Morgan fingerprint density at radius 2 is 2.23 bits per heavy atom. The maximum Gasteiger partial charge on any atom is 0.292 e. The van der Waals surface area contributed by atoms with Crippen LogP contribution >= 0.6 is 0 Å². The van der Waals surface area contributed by atoms with Crippen LogP contribution < -0.4 is 4.74 Å². The zero-order chi connectivity index (χ0) is 15.7. The van der Waals surface area contributed by atoms with Crippen molar-refractivity contribution in [1.82, 2.24) is 24.5 Å². The lowest BCUT2D eigenvalue weighted by molar-refractivity contribution is 0.0492. The van der Waals surface area contributed by atoms with Crippen LogP contribution in [-0.4, -0.2) is 64.2 Å². The Balaban J connectivity index is 1.78. The second-order valence-corrected chi connectivity index (χ2v) is 5.38. The third-order valence-electron chi connectivity index (χ3n) is 4.00. The van der Waals surface area contributed by atoms with Gasteiger partial charge < -0.3 is 18.7 Å². The summed E-state index contributed by atoms with van der Waals surface area (Å²) in [5.74, 6) is 1.26. The van der Waals surface area contributed by atoms with Crippen molar-refractivity contribution in [1.29, 1.82) is 0 Å². The number of hydrogen-bond acceptors (Lipinski definition) is 6. The Kier molecular flexibility index (Phi) is 3.84. The van der Waals surface area contributed by atoms with Crippen LogP contribution in [0.15, 0.2) is 23.0 Å². The summed E-state index contributed by atoms with van der Waals surface area (Å²) in [6, 6.07) is 1.57. The van der Waals surface area contributed by atoms with Crippen LogP contribution in [-0.2, 0) is 7.05 Å². The molecular formula is C14H19N5O3. The SMILES string of the molecule is COc1cc(C(=O)N2CCN(C)C(c3nccn3C)C2)on1. The van der Waals surface area contributed by atoms with Crippen molar-refractivity contribution in [2.75, 3.05) is 33.8 Å². The molecule has 1 unspecified atom stereocenters. The maximum absolute atomic E-state index is 12.5. The normalized spacial score (nSPS) is 19.4. The molecule has 8 heteroatoms. The fourth-order valence-corrected chi connectivity index (χ4v) is 2.65. The number of ether oxygens (including phenoxy) is 1. The molecule has 1 aliphatic rings. The number of rotatable bonds is 3. The topological polar surface area (TPSA) is 76.6 Å². The molecule has 1 saturated heterocycles. The maximum atomic E-state index is 12.5. The third kappa shape index (κ3) is 2.57. The first-order valence-electron chi connectivity index (χ1n) is 7.07. The lowest BCUT2D eigenvalue weighted by Crippen LogP contribution is -2.49. The predicted octanol–water partition coefficient (Wildman–Crippen LogP) is 0.546. The number of aryl methyl sites for hydroxylation is 1. The number of carbonyl (C=O) groups is 1. The molecule has 0 N–H and O–H groups in total. The number of likely N-dealkylation sites (N-methyl/N-ethyl adjacent to an activating group) is 1. The van der Waals surface area contributed by atoms with Crippen LogP contribution in [0.1, 0.15) is 22.4 Å². The molecule has 1 atom stereocenters. The molecule has 118 valence electrons. The van der Waals surface area contributed by atoms with Crippen LogP contribution in [0.4, 0.5) is 0 Å². The molecule has 0 spiro atoms. The summed E-state index contributed by atoms with van der Waals surface area (Å²) >= 11 is 0. The van der Waals surface area contributed by atoms with Crippen molar-refractivity contribution >= 4 is 5.91 Å². The molecule has 3 rings (SSSR count). The summed E-state index contributed by atoms with van der Waals surface area (Å²) in [6.07, 6.45) is 3.68. The van der Waals surface area contributed by atoms with Gasteiger partial charge in [0.1, 0.15) is 5.82 Å². The van der Waals surface area contributed by atoms with Crippen molar-refractivity contribution in [3.63, 3.8) is 0 Å². The number of piperazine rings is 1. The monoisotopic (exact) mass is 305 g/mol. The number of hydrogen-bond donors (Lipinski definition) is 0. The van der Waals surface area contributed by atoms with E-state index in [0.717, 1.165) is 12.4 Å². The number of aromatic nitrogens is 3. The standard InChI is InChI=1S/C14H19N5O3/c1-17-6-7-19(9-10(17)13-15-4-5-18(13)2)14(20)11-8-12(21-3)16-22-11/h4-5,8,10H,6-7,9H2,1-3H3. The molecule has 2 aromatic heterocycles. The highest BCUT2D eigenvalue weighted by Gasteiger charge is 2.32. The van der Waals surface area contributed by atoms with Crippen molar-refractivity contribution in [3.8, 4) is 5.88 Å². The zero-order valence-corrected chi connectivity index (χ0v) is 12.9. The predicted molar refractivity (Wildman–Crippen MR) is 77.5 cm³/mol. The molecule has 1 fully saturated rings. The van der Waals surface area contributed by atoms with Gasteiger partial charge in [0.25, 0.3) is 11.8 Å². The average molecular weight is 305 g/mol. The molecule has 2 aromatic rings. The Morgan fingerprint density at radius 3 is 2.86 bits per heavy atom. The van der Waals surface area contributed by atoms with Gasteiger partial charge in [-0.05, 0) is 12.2 Å². The summed E-state index contributed by atoms with van der Waals surface area (Å²) in [5.41, 5.74) is 0. The Hall–Kier alpha value is -2.35. The average Bonchev–Trinajstić information content (AvgIpc) is 3.16. The minimum Gasteiger partial charge on any atom is -0.479 e. The van der Waals surface area contributed by atoms with Crippen molar-refractivity contribution < 1.29 is 14.1 Å². The zero-order valence-electron chi connectivity index (χ0n) is 12.9. The fourth-order valence-electron chi connectivity index (χ4n) is 2.65. The molecular weight excluding hydrogens is 286 g/mol. The second-order valence-electron chi connectivity index (χ2n) is 5.38. The van der Waals surface area contributed by atoms with Crippen LogP contribution in [0.25, 0.3) is 0 Å². The molecule has 0 aliphatic carbocycles. The summed E-state index contributed by atoms with van der Waals surface area (Å²) in [4.78, 5) is 20.9. The Labute approximate surface area is 128 Å². The fraction of sp³-hybridized carbons (Fsp3) is 0.500. The van der Waals surface area contributed by atoms with E-state index in [4.69, 9.17) is 9.26 Å². The van der Waals surface area contributed by atoms with Crippen molar-refractivity contribution in [2.24, 2.45) is 7.05 Å². The molecule has 1 amide bonds. The van der Waals surface area contributed by atoms with Crippen LogP contribution in [0.5, 0.6) is 5.88 Å². The van der Waals surface area contributed by atoms with Gasteiger partial charge in [0.15, 0.2) is 0 Å². The lowest BCUT2D eigenvalue weighted by Gasteiger charge is -2.38. The van der Waals surface area contributed by atoms with E-state index in [-0.39, 0.29) is 17.7 Å². The van der Waals surface area contributed by atoms with Crippen LogP contribution in [0.2, 0.25) is 0 Å². The number of amides is 1. The number of methoxy groups -OCH3 is 1. The first-order chi connectivity index (χ1) is 10.6. The smallest absolute Gasteiger partial charge is 0.292 e. The van der Waals surface area contributed by atoms with Gasteiger partial charge in [0, 0.05) is 39.1 Å². The van der Waals surface area contributed by atoms with Gasteiger partial charge in [-0.1, -0.05) is 0 Å². The van der Waals surface area contributed by atoms with Crippen LogP contribution in [0.3, 0.4) is 0 Å². The van der Waals surface area contributed by atoms with E-state index in [1.54, 1.807) is 11.1 Å². The minimum atomic E-state index is -0.178. The quantitative estimate of drug-likeness (QED) is 0.824. The van der Waals surface area contributed by atoms with Gasteiger partial charge in [-0.15, -0.1) is 0 Å². The highest BCUT2D eigenvalue weighted by molar-refractivity contribution is 5.91. The Morgan fingerprint density at radius 1 is 1.41 bits per heavy atom. The molecule has 1 aliphatic heterocycles. The van der Waals surface area contributed by atoms with E-state index in [1.165, 1.54) is 13.2 Å². The number of carbonyl (C=O) groups excluding carboxylic acids is 1. The van der Waals surface area contributed by atoms with E-state index in [0.29, 0.717) is 19.0 Å². The number of imidazole rings is 1. The third-order valence-corrected chi connectivity index (χ3v) is 4.00. The van der Waals surface area contributed by atoms with E-state index in [9.17, 15) is 4.79 Å². The van der Waals surface area contributed by atoms with E-state index in [2.05, 4.69) is 15.0 Å². The molecule has 8 nitrogen and oxygen atoms in total. The number of nitrogens with zero attached hydrogens (tertiary/aromatic N) is 5. The highest BCUT2D eigenvalue weighted by atomic mass is 16.5. The van der Waals surface area contributed by atoms with Gasteiger partial charge in [-0.25, -0.2) is 4.98 Å². The summed E-state index contributed by atoms with van der Waals surface area (Å²) < 4.78 is 12.0. The van der Waals surface area contributed by atoms with Crippen LogP contribution in [0, 0.1) is 0 Å². The van der Waals surface area contributed by atoms with Gasteiger partial charge in [0.05, 0.1) is 19.2 Å².